The maximum Gasteiger partial charge on any atom is 0.0415 e. The fourth-order valence-corrected chi connectivity index (χ4v) is 4.96. The topological polar surface area (TPSA) is 23.1 Å². The van der Waals surface area contributed by atoms with Gasteiger partial charge < -0.3 is 0 Å². The van der Waals surface area contributed by atoms with Crippen molar-refractivity contribution in [1.82, 2.24) is 5.06 Å². The fraction of sp³-hybridized carbons (Fsp3) is 1.00. The standard InChI is InChI=1S/C17H30NO/c19-18-16(14-8-3-1-4-9-14)12-7-13-17(18)15-10-5-2-6-11-15/h14-17H,1-13H2. The van der Waals surface area contributed by atoms with E-state index < -0.39 is 0 Å². The molecule has 3 aliphatic rings. The van der Waals surface area contributed by atoms with Gasteiger partial charge in [-0.1, -0.05) is 44.9 Å². The van der Waals surface area contributed by atoms with Crippen molar-refractivity contribution in [3.8, 4) is 0 Å². The summed E-state index contributed by atoms with van der Waals surface area (Å²) in [5.41, 5.74) is 0. The summed E-state index contributed by atoms with van der Waals surface area (Å²) in [6.45, 7) is 0. The highest BCUT2D eigenvalue weighted by Gasteiger charge is 2.39. The van der Waals surface area contributed by atoms with Crippen molar-refractivity contribution in [3.05, 3.63) is 0 Å². The third-order valence-electron chi connectivity index (χ3n) is 6.04. The lowest BCUT2D eigenvalue weighted by atomic mass is 9.75. The van der Waals surface area contributed by atoms with Gasteiger partial charge in [-0.25, -0.2) is 0 Å². The highest BCUT2D eigenvalue weighted by Crippen LogP contribution is 2.39. The molecule has 2 heteroatoms. The van der Waals surface area contributed by atoms with Gasteiger partial charge in [0.2, 0.25) is 0 Å². The first-order valence-electron chi connectivity index (χ1n) is 8.82. The Morgan fingerprint density at radius 1 is 0.526 bits per heavy atom. The molecule has 0 bridgehead atoms. The monoisotopic (exact) mass is 264 g/mol. The van der Waals surface area contributed by atoms with E-state index in [2.05, 4.69) is 0 Å². The maximum atomic E-state index is 12.8. The number of rotatable bonds is 2. The molecule has 0 N–H and O–H groups in total. The normalized spacial score (nSPS) is 36.5. The van der Waals surface area contributed by atoms with E-state index in [1.54, 1.807) is 5.06 Å². The first-order chi connectivity index (χ1) is 9.36. The van der Waals surface area contributed by atoms with E-state index in [1.165, 1.54) is 83.5 Å². The SMILES string of the molecule is [O]N1C(C2CCCCC2)CCCC1C1CCCCC1. The van der Waals surface area contributed by atoms with Crippen molar-refractivity contribution < 1.29 is 5.21 Å². The molecule has 3 fully saturated rings. The summed E-state index contributed by atoms with van der Waals surface area (Å²) in [4.78, 5) is 0. The summed E-state index contributed by atoms with van der Waals surface area (Å²) >= 11 is 0. The molecular weight excluding hydrogens is 234 g/mol. The molecule has 19 heavy (non-hydrogen) atoms. The second kappa shape index (κ2) is 6.58. The van der Waals surface area contributed by atoms with Crippen LogP contribution in [0.3, 0.4) is 0 Å². The Bertz CT molecular complexity index is 242. The molecule has 3 rings (SSSR count). The van der Waals surface area contributed by atoms with Gasteiger partial charge in [-0.2, -0.15) is 0 Å². The van der Waals surface area contributed by atoms with Gasteiger partial charge in [0.15, 0.2) is 0 Å². The molecule has 0 aromatic carbocycles. The molecule has 2 unspecified atom stereocenters. The van der Waals surface area contributed by atoms with Crippen molar-refractivity contribution in [1.29, 1.82) is 0 Å². The van der Waals surface area contributed by atoms with Crippen LogP contribution in [0.4, 0.5) is 0 Å². The summed E-state index contributed by atoms with van der Waals surface area (Å²) in [6.07, 6.45) is 17.2. The van der Waals surface area contributed by atoms with Crippen LogP contribution in [0.25, 0.3) is 0 Å². The lowest BCUT2D eigenvalue weighted by Gasteiger charge is -2.44. The summed E-state index contributed by atoms with van der Waals surface area (Å²) in [7, 11) is 0. The Balaban J connectivity index is 1.62. The molecule has 0 amide bonds. The molecule has 0 aromatic rings. The van der Waals surface area contributed by atoms with Crippen LogP contribution in [-0.4, -0.2) is 17.1 Å². The average molecular weight is 264 g/mol. The van der Waals surface area contributed by atoms with Crippen LogP contribution in [0, 0.1) is 11.8 Å². The van der Waals surface area contributed by atoms with Crippen molar-refractivity contribution >= 4 is 0 Å². The largest absolute Gasteiger partial charge is 0.148 e. The minimum atomic E-state index is 0.376. The second-order valence-corrected chi connectivity index (χ2v) is 7.22. The van der Waals surface area contributed by atoms with Gasteiger partial charge in [-0.15, -0.1) is 10.3 Å². The molecule has 2 nitrogen and oxygen atoms in total. The van der Waals surface area contributed by atoms with Crippen LogP contribution in [0.15, 0.2) is 0 Å². The van der Waals surface area contributed by atoms with E-state index in [0.717, 1.165) is 11.8 Å². The maximum absolute atomic E-state index is 12.8. The lowest BCUT2D eigenvalue weighted by Crippen LogP contribution is -2.50. The summed E-state index contributed by atoms with van der Waals surface area (Å²) < 4.78 is 0. The summed E-state index contributed by atoms with van der Waals surface area (Å²) in [5, 5.41) is 14.4. The quantitative estimate of drug-likeness (QED) is 0.708. The van der Waals surface area contributed by atoms with Crippen molar-refractivity contribution in [2.75, 3.05) is 0 Å². The minimum absolute atomic E-state index is 0.376. The third-order valence-corrected chi connectivity index (χ3v) is 6.04. The molecule has 0 aromatic heterocycles. The van der Waals surface area contributed by atoms with E-state index in [-0.39, 0.29) is 0 Å². The number of hydrogen-bond acceptors (Lipinski definition) is 1. The molecule has 1 heterocycles. The van der Waals surface area contributed by atoms with Crippen molar-refractivity contribution in [2.45, 2.75) is 95.6 Å². The van der Waals surface area contributed by atoms with E-state index in [9.17, 15) is 5.21 Å². The van der Waals surface area contributed by atoms with Gasteiger partial charge >= 0.3 is 0 Å². The number of nitrogens with zero attached hydrogens (tertiary/aromatic N) is 1. The highest BCUT2D eigenvalue weighted by molar-refractivity contribution is 4.89. The Labute approximate surface area is 118 Å². The van der Waals surface area contributed by atoms with E-state index in [4.69, 9.17) is 0 Å². The molecule has 109 valence electrons. The van der Waals surface area contributed by atoms with Gasteiger partial charge in [-0.3, -0.25) is 0 Å². The van der Waals surface area contributed by atoms with E-state index in [1.807, 2.05) is 0 Å². The van der Waals surface area contributed by atoms with Crippen LogP contribution >= 0.6 is 0 Å². The predicted octanol–water partition coefficient (Wildman–Crippen LogP) is 4.72. The zero-order valence-corrected chi connectivity index (χ0v) is 12.4. The zero-order valence-electron chi connectivity index (χ0n) is 12.4. The Morgan fingerprint density at radius 3 is 1.37 bits per heavy atom. The van der Waals surface area contributed by atoms with Crippen molar-refractivity contribution in [3.63, 3.8) is 0 Å². The lowest BCUT2D eigenvalue weighted by molar-refractivity contribution is -0.254. The fourth-order valence-electron chi connectivity index (χ4n) is 4.96. The molecule has 0 spiro atoms. The summed E-state index contributed by atoms with van der Waals surface area (Å²) in [5.74, 6) is 1.44. The zero-order chi connectivity index (χ0) is 13.1. The molecule has 2 saturated carbocycles. The molecule has 1 aliphatic heterocycles. The minimum Gasteiger partial charge on any atom is -0.148 e. The van der Waals surface area contributed by atoms with Crippen LogP contribution in [0.1, 0.15) is 83.5 Å². The molecule has 1 saturated heterocycles. The first-order valence-corrected chi connectivity index (χ1v) is 8.82. The molecular formula is C17H30NO. The van der Waals surface area contributed by atoms with Gasteiger partial charge in [0.1, 0.15) is 0 Å². The summed E-state index contributed by atoms with van der Waals surface area (Å²) in [6, 6.07) is 0.752. The van der Waals surface area contributed by atoms with E-state index >= 15 is 0 Å². The molecule has 1 radical (unpaired) electrons. The highest BCUT2D eigenvalue weighted by atomic mass is 16.5. The van der Waals surface area contributed by atoms with Gasteiger partial charge in [0.05, 0.1) is 0 Å². The van der Waals surface area contributed by atoms with Gasteiger partial charge in [0.25, 0.3) is 0 Å². The number of hydroxylamine groups is 2. The van der Waals surface area contributed by atoms with Crippen molar-refractivity contribution in [2.24, 2.45) is 11.8 Å². The second-order valence-electron chi connectivity index (χ2n) is 7.22. The van der Waals surface area contributed by atoms with E-state index in [0.29, 0.717) is 12.1 Å². The van der Waals surface area contributed by atoms with Crippen LogP contribution in [-0.2, 0) is 5.21 Å². The number of piperidine rings is 1. The number of hydrogen-bond donors (Lipinski definition) is 0. The van der Waals surface area contributed by atoms with Crippen LogP contribution in [0.2, 0.25) is 0 Å². The Morgan fingerprint density at radius 2 is 0.947 bits per heavy atom. The van der Waals surface area contributed by atoms with Gasteiger partial charge in [-0.05, 0) is 50.4 Å². The van der Waals surface area contributed by atoms with Crippen LogP contribution in [0.5, 0.6) is 0 Å². The third kappa shape index (κ3) is 3.16. The molecule has 2 aliphatic carbocycles. The first kappa shape index (κ1) is 13.9. The average Bonchev–Trinajstić information content (AvgIpc) is 2.49. The smallest absolute Gasteiger partial charge is 0.0415 e. The molecule has 2 atom stereocenters. The Hall–Kier alpha value is -0.0800. The predicted molar refractivity (Wildman–Crippen MR) is 77.1 cm³/mol. The van der Waals surface area contributed by atoms with Gasteiger partial charge in [0, 0.05) is 12.1 Å². The van der Waals surface area contributed by atoms with Crippen LogP contribution < -0.4 is 0 Å². The Kier molecular flexibility index (Phi) is 4.81.